The van der Waals surface area contributed by atoms with Crippen LogP contribution in [0.3, 0.4) is 0 Å². The first kappa shape index (κ1) is 23.7. The normalized spacial score (nSPS) is 14.5. The van der Waals surface area contributed by atoms with Crippen LogP contribution in [0.15, 0.2) is 47.2 Å². The Balaban J connectivity index is 1.10. The summed E-state index contributed by atoms with van der Waals surface area (Å²) in [6.45, 7) is 3.58. The third-order valence-corrected chi connectivity index (χ3v) is 6.46. The monoisotopic (exact) mass is 521 g/mol. The number of aliphatic carboxylic acids is 1. The van der Waals surface area contributed by atoms with Gasteiger partial charge in [0.25, 0.3) is 0 Å². The lowest BCUT2D eigenvalue weighted by molar-refractivity contribution is -0.139. The first-order chi connectivity index (χ1) is 18.5. The number of carboxylic acid groups (broad SMARTS) is 1. The second-order valence-electron chi connectivity index (χ2n) is 8.85. The topological polar surface area (TPSA) is 153 Å². The number of hydrogen-bond donors (Lipinski definition) is 2. The van der Waals surface area contributed by atoms with Crippen LogP contribution in [0.1, 0.15) is 0 Å². The van der Waals surface area contributed by atoms with E-state index in [0.29, 0.717) is 48.2 Å². The SMILES string of the molecule is Nc1nc2c(cnn2CCN2CCN(c3ccc(OCC(=O)O)cc3F)CC2)c2nc(-c3ccco3)nn12. The van der Waals surface area contributed by atoms with Crippen molar-refractivity contribution >= 4 is 34.3 Å². The number of nitrogen functional groups attached to an aromatic ring is 1. The Bertz CT molecular complexity index is 1610. The van der Waals surface area contributed by atoms with Gasteiger partial charge in [-0.15, -0.1) is 5.10 Å². The third kappa shape index (κ3) is 4.45. The van der Waals surface area contributed by atoms with Crippen molar-refractivity contribution < 1.29 is 23.4 Å². The van der Waals surface area contributed by atoms with Gasteiger partial charge in [-0.2, -0.15) is 14.6 Å². The van der Waals surface area contributed by atoms with Crippen LogP contribution in [-0.2, 0) is 11.3 Å². The summed E-state index contributed by atoms with van der Waals surface area (Å²) >= 11 is 0. The summed E-state index contributed by atoms with van der Waals surface area (Å²) in [6.07, 6.45) is 3.27. The van der Waals surface area contributed by atoms with Crippen molar-refractivity contribution in [3.63, 3.8) is 0 Å². The zero-order chi connectivity index (χ0) is 26.2. The molecule has 1 fully saturated rings. The second-order valence-corrected chi connectivity index (χ2v) is 8.85. The van der Waals surface area contributed by atoms with Gasteiger partial charge < -0.3 is 24.9 Å². The standard InChI is InChI=1S/C24H24FN9O4/c25-17-12-15(38-14-20(35)36)3-4-18(17)32-8-5-31(6-9-32)7-10-33-22-16(13-27-33)23-28-21(19-2-1-11-37-19)30-34(23)24(26)29-22/h1-4,11-13H,5-10,14H2,(H2,26,29)(H,35,36). The van der Waals surface area contributed by atoms with Crippen molar-refractivity contribution in [3.8, 4) is 17.3 Å². The molecule has 1 aliphatic rings. The molecule has 6 rings (SSSR count). The quantitative estimate of drug-likeness (QED) is 0.307. The summed E-state index contributed by atoms with van der Waals surface area (Å²) in [5, 5.41) is 18.4. The maximum Gasteiger partial charge on any atom is 0.341 e. The van der Waals surface area contributed by atoms with Crippen LogP contribution < -0.4 is 15.4 Å². The molecular formula is C24H24FN9O4. The molecule has 0 unspecified atom stereocenters. The summed E-state index contributed by atoms with van der Waals surface area (Å²) in [7, 11) is 0. The van der Waals surface area contributed by atoms with Gasteiger partial charge in [-0.05, 0) is 24.3 Å². The molecule has 0 bridgehead atoms. The van der Waals surface area contributed by atoms with Crippen LogP contribution in [-0.4, -0.2) is 84.7 Å². The average molecular weight is 522 g/mol. The van der Waals surface area contributed by atoms with Crippen molar-refractivity contribution in [1.82, 2.24) is 34.3 Å². The molecule has 13 nitrogen and oxygen atoms in total. The maximum atomic E-state index is 14.6. The van der Waals surface area contributed by atoms with E-state index >= 15 is 0 Å². The van der Waals surface area contributed by atoms with Crippen molar-refractivity contribution in [1.29, 1.82) is 0 Å². The first-order valence-corrected chi connectivity index (χ1v) is 12.0. The van der Waals surface area contributed by atoms with Gasteiger partial charge in [0.1, 0.15) is 11.6 Å². The number of nitrogens with zero attached hydrogens (tertiary/aromatic N) is 8. The number of anilines is 2. The fraction of sp³-hybridized carbons (Fsp3) is 0.292. The molecule has 5 heterocycles. The van der Waals surface area contributed by atoms with Gasteiger partial charge in [-0.25, -0.2) is 18.9 Å². The Hall–Kier alpha value is -4.72. The lowest BCUT2D eigenvalue weighted by atomic mass is 10.2. The van der Waals surface area contributed by atoms with Crippen LogP contribution >= 0.6 is 0 Å². The number of carbonyl (C=O) groups is 1. The first-order valence-electron chi connectivity index (χ1n) is 12.0. The van der Waals surface area contributed by atoms with Gasteiger partial charge in [-0.1, -0.05) is 0 Å². The summed E-state index contributed by atoms with van der Waals surface area (Å²) in [5.74, 6) is -0.208. The van der Waals surface area contributed by atoms with Crippen molar-refractivity contribution in [3.05, 3.63) is 48.6 Å². The molecule has 0 spiro atoms. The number of nitrogens with two attached hydrogens (primary N) is 1. The Morgan fingerprint density at radius 2 is 1.97 bits per heavy atom. The van der Waals surface area contributed by atoms with E-state index in [4.69, 9.17) is 20.0 Å². The highest BCUT2D eigenvalue weighted by atomic mass is 19.1. The van der Waals surface area contributed by atoms with Crippen LogP contribution in [0.4, 0.5) is 16.0 Å². The molecule has 1 saturated heterocycles. The molecule has 3 N–H and O–H groups in total. The highest BCUT2D eigenvalue weighted by Crippen LogP contribution is 2.26. The highest BCUT2D eigenvalue weighted by Gasteiger charge is 2.21. The third-order valence-electron chi connectivity index (χ3n) is 6.46. The lowest BCUT2D eigenvalue weighted by Crippen LogP contribution is -2.47. The number of aromatic nitrogens is 6. The minimum Gasteiger partial charge on any atom is -0.482 e. The molecule has 0 saturated carbocycles. The van der Waals surface area contributed by atoms with Gasteiger partial charge >= 0.3 is 5.97 Å². The number of rotatable bonds is 8. The van der Waals surface area contributed by atoms with E-state index in [1.807, 2.05) is 4.90 Å². The average Bonchev–Trinajstić information content (AvgIpc) is 3.66. The summed E-state index contributed by atoms with van der Waals surface area (Å²) < 4.78 is 28.4. The number of furan rings is 1. The van der Waals surface area contributed by atoms with E-state index < -0.39 is 18.4 Å². The summed E-state index contributed by atoms with van der Waals surface area (Å²) in [6, 6.07) is 7.97. The number of ether oxygens (including phenoxy) is 1. The van der Waals surface area contributed by atoms with Crippen LogP contribution in [0.2, 0.25) is 0 Å². The van der Waals surface area contributed by atoms with E-state index in [2.05, 4.69) is 25.1 Å². The van der Waals surface area contributed by atoms with Gasteiger partial charge in [0.05, 0.1) is 30.1 Å². The molecule has 0 aliphatic carbocycles. The Labute approximate surface area is 214 Å². The van der Waals surface area contributed by atoms with E-state index in [9.17, 15) is 9.18 Å². The molecule has 38 heavy (non-hydrogen) atoms. The Kier molecular flexibility index (Phi) is 5.99. The van der Waals surface area contributed by atoms with Crippen molar-refractivity contribution in [2.24, 2.45) is 0 Å². The number of halogens is 1. The Morgan fingerprint density at radius 3 is 2.71 bits per heavy atom. The van der Waals surface area contributed by atoms with Crippen LogP contribution in [0.5, 0.6) is 5.75 Å². The molecule has 1 aromatic carbocycles. The largest absolute Gasteiger partial charge is 0.482 e. The minimum atomic E-state index is -1.11. The zero-order valence-corrected chi connectivity index (χ0v) is 20.2. The minimum absolute atomic E-state index is 0.188. The van der Waals surface area contributed by atoms with E-state index in [1.54, 1.807) is 41.4 Å². The molecule has 4 aromatic heterocycles. The summed E-state index contributed by atoms with van der Waals surface area (Å²) in [4.78, 5) is 24.0. The molecule has 1 aliphatic heterocycles. The van der Waals surface area contributed by atoms with Gasteiger partial charge in [-0.3, -0.25) is 4.90 Å². The van der Waals surface area contributed by atoms with Crippen molar-refractivity contribution in [2.45, 2.75) is 6.54 Å². The van der Waals surface area contributed by atoms with Crippen LogP contribution in [0.25, 0.3) is 28.3 Å². The molecule has 5 aromatic rings. The molecule has 14 heteroatoms. The molecule has 0 atom stereocenters. The Morgan fingerprint density at radius 1 is 1.13 bits per heavy atom. The molecule has 0 amide bonds. The molecule has 0 radical (unpaired) electrons. The van der Waals surface area contributed by atoms with E-state index in [-0.39, 0.29) is 11.7 Å². The predicted octanol–water partition coefficient (Wildman–Crippen LogP) is 1.74. The fourth-order valence-electron chi connectivity index (χ4n) is 4.56. The highest BCUT2D eigenvalue weighted by molar-refractivity contribution is 5.90. The lowest BCUT2D eigenvalue weighted by Gasteiger charge is -2.36. The number of carboxylic acids is 1. The van der Waals surface area contributed by atoms with E-state index in [1.165, 1.54) is 10.6 Å². The van der Waals surface area contributed by atoms with Gasteiger partial charge in [0.15, 0.2) is 23.7 Å². The van der Waals surface area contributed by atoms with Gasteiger partial charge in [0, 0.05) is 38.8 Å². The number of fused-ring (bicyclic) bond motifs is 3. The fourth-order valence-corrected chi connectivity index (χ4v) is 4.56. The smallest absolute Gasteiger partial charge is 0.341 e. The predicted molar refractivity (Wildman–Crippen MR) is 134 cm³/mol. The summed E-state index contributed by atoms with van der Waals surface area (Å²) in [5.41, 5.74) is 7.82. The maximum absolute atomic E-state index is 14.6. The number of hydrogen-bond acceptors (Lipinski definition) is 10. The van der Waals surface area contributed by atoms with Gasteiger partial charge in [0.2, 0.25) is 11.8 Å². The molecule has 196 valence electrons. The molecular weight excluding hydrogens is 497 g/mol. The van der Waals surface area contributed by atoms with Crippen molar-refractivity contribution in [2.75, 3.05) is 50.0 Å². The van der Waals surface area contributed by atoms with Crippen LogP contribution in [0, 0.1) is 5.82 Å². The number of piperazine rings is 1. The second kappa shape index (κ2) is 9.63. The van der Waals surface area contributed by atoms with E-state index in [0.717, 1.165) is 25.0 Å². The zero-order valence-electron chi connectivity index (χ0n) is 20.2. The number of benzene rings is 1.